The van der Waals surface area contributed by atoms with Crippen LogP contribution in [-0.4, -0.2) is 31.1 Å². The van der Waals surface area contributed by atoms with Crippen LogP contribution in [0.4, 0.5) is 0 Å². The molecule has 0 atom stereocenters. The summed E-state index contributed by atoms with van der Waals surface area (Å²) in [4.78, 5) is 14.0. The fourth-order valence-electron chi connectivity index (χ4n) is 1.86. The first-order valence-electron chi connectivity index (χ1n) is 6.56. The van der Waals surface area contributed by atoms with Gasteiger partial charge in [0.2, 0.25) is 10.0 Å². The van der Waals surface area contributed by atoms with E-state index in [2.05, 4.69) is 9.71 Å². The number of nitrogens with one attached hydrogen (secondary N) is 2. The van der Waals surface area contributed by atoms with Gasteiger partial charge in [-0.05, 0) is 37.3 Å². The first-order valence-corrected chi connectivity index (χ1v) is 8.04. The highest BCUT2D eigenvalue weighted by Gasteiger charge is 2.19. The SMILES string of the molecule is CCOc1ccc(S(=O)(=O)NCc2ccc[nH]2)cc1C(=O)O. The number of aromatic nitrogens is 1. The monoisotopic (exact) mass is 324 g/mol. The van der Waals surface area contributed by atoms with E-state index in [1.165, 1.54) is 12.1 Å². The van der Waals surface area contributed by atoms with Crippen molar-refractivity contribution in [3.05, 3.63) is 47.8 Å². The molecule has 0 aliphatic rings. The van der Waals surface area contributed by atoms with Gasteiger partial charge in [-0.25, -0.2) is 17.9 Å². The van der Waals surface area contributed by atoms with Crippen LogP contribution in [0.15, 0.2) is 41.4 Å². The third kappa shape index (κ3) is 3.66. The molecule has 2 aromatic rings. The molecule has 8 heteroatoms. The van der Waals surface area contributed by atoms with Gasteiger partial charge in [0, 0.05) is 11.9 Å². The minimum atomic E-state index is -3.81. The number of carbonyl (C=O) groups is 1. The summed E-state index contributed by atoms with van der Waals surface area (Å²) in [6, 6.07) is 7.24. The number of aromatic carboxylic acids is 1. The molecule has 118 valence electrons. The molecule has 1 aromatic heterocycles. The molecule has 2 rings (SSSR count). The molecule has 0 radical (unpaired) electrons. The Morgan fingerprint density at radius 1 is 1.36 bits per heavy atom. The van der Waals surface area contributed by atoms with Crippen LogP contribution in [0, 0.1) is 0 Å². The van der Waals surface area contributed by atoms with Gasteiger partial charge in [-0.1, -0.05) is 0 Å². The molecule has 0 saturated heterocycles. The van der Waals surface area contributed by atoms with E-state index in [9.17, 15) is 13.2 Å². The molecular formula is C14H16N2O5S. The Labute approximate surface area is 128 Å². The van der Waals surface area contributed by atoms with Crippen molar-refractivity contribution < 1.29 is 23.1 Å². The minimum Gasteiger partial charge on any atom is -0.493 e. The number of hydrogen-bond donors (Lipinski definition) is 3. The topological polar surface area (TPSA) is 108 Å². The molecule has 1 aromatic carbocycles. The highest BCUT2D eigenvalue weighted by Crippen LogP contribution is 2.23. The second-order valence-corrected chi connectivity index (χ2v) is 6.18. The molecule has 0 unspecified atom stereocenters. The number of sulfonamides is 1. The number of ether oxygens (including phenoxy) is 1. The van der Waals surface area contributed by atoms with Gasteiger partial charge >= 0.3 is 5.97 Å². The summed E-state index contributed by atoms with van der Waals surface area (Å²) >= 11 is 0. The summed E-state index contributed by atoms with van der Waals surface area (Å²) in [6.45, 7) is 2.09. The third-order valence-corrected chi connectivity index (χ3v) is 4.31. The Morgan fingerprint density at radius 2 is 2.14 bits per heavy atom. The third-order valence-electron chi connectivity index (χ3n) is 2.91. The largest absolute Gasteiger partial charge is 0.493 e. The maximum absolute atomic E-state index is 12.2. The van der Waals surface area contributed by atoms with E-state index in [1.807, 2.05) is 0 Å². The summed E-state index contributed by atoms with van der Waals surface area (Å²) in [5.74, 6) is -1.11. The van der Waals surface area contributed by atoms with Crippen molar-refractivity contribution in [3.63, 3.8) is 0 Å². The van der Waals surface area contributed by atoms with Crippen molar-refractivity contribution >= 4 is 16.0 Å². The minimum absolute atomic E-state index is 0.0882. The summed E-state index contributed by atoms with van der Waals surface area (Å²) < 4.78 is 32.0. The van der Waals surface area contributed by atoms with Crippen LogP contribution in [0.25, 0.3) is 0 Å². The Hall–Kier alpha value is -2.32. The number of benzene rings is 1. The maximum Gasteiger partial charge on any atom is 0.339 e. The summed E-state index contributed by atoms with van der Waals surface area (Å²) in [5, 5.41) is 9.16. The standard InChI is InChI=1S/C14H16N2O5S/c1-2-21-13-6-5-11(8-12(13)14(17)18)22(19,20)16-9-10-4-3-7-15-10/h3-8,15-16H,2,9H2,1H3,(H,17,18). The Morgan fingerprint density at radius 3 is 2.73 bits per heavy atom. The van der Waals surface area contributed by atoms with Gasteiger partial charge in [0.1, 0.15) is 11.3 Å². The number of aromatic amines is 1. The molecule has 7 nitrogen and oxygen atoms in total. The molecule has 3 N–H and O–H groups in total. The van der Waals surface area contributed by atoms with Crippen LogP contribution in [0.5, 0.6) is 5.75 Å². The molecule has 0 saturated carbocycles. The van der Waals surface area contributed by atoms with Crippen molar-refractivity contribution in [2.24, 2.45) is 0 Å². The zero-order chi connectivity index (χ0) is 16.2. The predicted molar refractivity (Wildman–Crippen MR) is 79.4 cm³/mol. The second kappa shape index (κ2) is 6.63. The Balaban J connectivity index is 2.26. The molecule has 0 aliphatic carbocycles. The van der Waals surface area contributed by atoms with Gasteiger partial charge < -0.3 is 14.8 Å². The fraction of sp³-hybridized carbons (Fsp3) is 0.214. The molecule has 0 amide bonds. The van der Waals surface area contributed by atoms with Crippen molar-refractivity contribution in [3.8, 4) is 5.75 Å². The lowest BCUT2D eigenvalue weighted by Gasteiger charge is -2.10. The number of rotatable bonds is 7. The summed E-state index contributed by atoms with van der Waals surface area (Å²) in [7, 11) is -3.81. The molecule has 0 spiro atoms. The fourth-order valence-corrected chi connectivity index (χ4v) is 2.89. The van der Waals surface area contributed by atoms with Gasteiger partial charge in [-0.15, -0.1) is 0 Å². The van der Waals surface area contributed by atoms with Gasteiger partial charge in [0.15, 0.2) is 0 Å². The first-order chi connectivity index (χ1) is 10.4. The molecule has 22 heavy (non-hydrogen) atoms. The molecule has 0 fully saturated rings. The van der Waals surface area contributed by atoms with Crippen LogP contribution < -0.4 is 9.46 Å². The normalized spacial score (nSPS) is 11.3. The van der Waals surface area contributed by atoms with E-state index >= 15 is 0 Å². The van der Waals surface area contributed by atoms with Gasteiger partial charge in [0.05, 0.1) is 18.0 Å². The van der Waals surface area contributed by atoms with Crippen molar-refractivity contribution in [2.45, 2.75) is 18.4 Å². The van der Waals surface area contributed by atoms with Crippen LogP contribution in [0.3, 0.4) is 0 Å². The highest BCUT2D eigenvalue weighted by atomic mass is 32.2. The molecule has 0 aliphatic heterocycles. The Kier molecular flexibility index (Phi) is 4.84. The molecule has 1 heterocycles. The summed E-state index contributed by atoms with van der Waals surface area (Å²) in [5.41, 5.74) is 0.512. The van der Waals surface area contributed by atoms with Crippen molar-refractivity contribution in [2.75, 3.05) is 6.61 Å². The van der Waals surface area contributed by atoms with Crippen LogP contribution >= 0.6 is 0 Å². The number of hydrogen-bond acceptors (Lipinski definition) is 4. The van der Waals surface area contributed by atoms with Gasteiger partial charge in [-0.3, -0.25) is 0 Å². The lowest BCUT2D eigenvalue weighted by molar-refractivity contribution is 0.0692. The molecular weight excluding hydrogens is 308 g/mol. The van der Waals surface area contributed by atoms with Crippen LogP contribution in [0.2, 0.25) is 0 Å². The zero-order valence-corrected chi connectivity index (χ0v) is 12.7. The van der Waals surface area contributed by atoms with E-state index in [1.54, 1.807) is 25.3 Å². The predicted octanol–water partition coefficient (Wildman–Crippen LogP) is 1.59. The lowest BCUT2D eigenvalue weighted by Crippen LogP contribution is -2.23. The summed E-state index contributed by atoms with van der Waals surface area (Å²) in [6.07, 6.45) is 1.68. The van der Waals surface area contributed by atoms with E-state index in [0.29, 0.717) is 5.69 Å². The van der Waals surface area contributed by atoms with Crippen molar-refractivity contribution in [1.82, 2.24) is 9.71 Å². The van der Waals surface area contributed by atoms with E-state index in [4.69, 9.17) is 9.84 Å². The maximum atomic E-state index is 12.2. The van der Waals surface area contributed by atoms with E-state index in [0.717, 1.165) is 6.07 Å². The second-order valence-electron chi connectivity index (χ2n) is 4.42. The average molecular weight is 324 g/mol. The van der Waals surface area contributed by atoms with Gasteiger partial charge in [-0.2, -0.15) is 0 Å². The van der Waals surface area contributed by atoms with E-state index in [-0.39, 0.29) is 29.4 Å². The van der Waals surface area contributed by atoms with Gasteiger partial charge in [0.25, 0.3) is 0 Å². The average Bonchev–Trinajstić information content (AvgIpc) is 2.99. The number of carboxylic acids is 1. The van der Waals surface area contributed by atoms with Crippen molar-refractivity contribution in [1.29, 1.82) is 0 Å². The first kappa shape index (κ1) is 16.1. The zero-order valence-electron chi connectivity index (χ0n) is 11.9. The number of H-pyrrole nitrogens is 1. The number of carboxylic acid groups (broad SMARTS) is 1. The quantitative estimate of drug-likeness (QED) is 0.716. The van der Waals surface area contributed by atoms with E-state index < -0.39 is 16.0 Å². The highest BCUT2D eigenvalue weighted by molar-refractivity contribution is 7.89. The van der Waals surface area contributed by atoms with Crippen LogP contribution in [0.1, 0.15) is 23.0 Å². The van der Waals surface area contributed by atoms with Crippen LogP contribution in [-0.2, 0) is 16.6 Å². The molecule has 0 bridgehead atoms. The lowest BCUT2D eigenvalue weighted by atomic mass is 10.2. The Bertz CT molecular complexity index is 754. The smallest absolute Gasteiger partial charge is 0.339 e.